The first-order chi connectivity index (χ1) is 13.9. The number of carbonyl (C=O) groups is 2. The number of amides is 2. The summed E-state index contributed by atoms with van der Waals surface area (Å²) in [4.78, 5) is 37.8. The standard InChI is InChI=1S/C20H21N5O4/c1-20(17(26)27)8-10-23(13-20)18(28)21-15-6-4-5-14(11-15)12-25-19(29)24-9-3-2-7-16(24)22-25/h2-7,9,11H,8,10,12-13H2,1H3,(H,21,28)(H,26,27). The molecule has 1 fully saturated rings. The number of hydrogen-bond donors (Lipinski definition) is 2. The van der Waals surface area contributed by atoms with Crippen molar-refractivity contribution in [1.29, 1.82) is 0 Å². The van der Waals surface area contributed by atoms with Crippen molar-refractivity contribution < 1.29 is 14.7 Å². The SMILES string of the molecule is CC1(C(=O)O)CCN(C(=O)Nc2cccc(Cn3nc4ccccn4c3=O)c2)C1. The predicted octanol–water partition coefficient (Wildman–Crippen LogP) is 1.87. The summed E-state index contributed by atoms with van der Waals surface area (Å²) in [5.41, 5.74) is 0.805. The highest BCUT2D eigenvalue weighted by Gasteiger charge is 2.42. The van der Waals surface area contributed by atoms with Gasteiger partial charge < -0.3 is 15.3 Å². The molecule has 0 radical (unpaired) electrons. The molecule has 1 aromatic carbocycles. The van der Waals surface area contributed by atoms with Gasteiger partial charge in [-0.25, -0.2) is 14.3 Å². The molecule has 150 valence electrons. The van der Waals surface area contributed by atoms with Crippen molar-refractivity contribution in [2.24, 2.45) is 5.41 Å². The van der Waals surface area contributed by atoms with Crippen LogP contribution in [0, 0.1) is 5.41 Å². The van der Waals surface area contributed by atoms with Crippen LogP contribution in [0.25, 0.3) is 5.65 Å². The van der Waals surface area contributed by atoms with Crippen molar-refractivity contribution in [2.75, 3.05) is 18.4 Å². The molecule has 0 aliphatic carbocycles. The molecule has 0 spiro atoms. The number of nitrogens with one attached hydrogen (secondary N) is 1. The van der Waals surface area contributed by atoms with E-state index < -0.39 is 11.4 Å². The zero-order valence-corrected chi connectivity index (χ0v) is 15.9. The number of pyridine rings is 1. The van der Waals surface area contributed by atoms with Gasteiger partial charge in [-0.15, -0.1) is 5.10 Å². The average molecular weight is 395 g/mol. The van der Waals surface area contributed by atoms with Gasteiger partial charge in [-0.3, -0.25) is 9.20 Å². The highest BCUT2D eigenvalue weighted by molar-refractivity contribution is 5.90. The highest BCUT2D eigenvalue weighted by Crippen LogP contribution is 2.30. The van der Waals surface area contributed by atoms with Crippen LogP contribution in [0.2, 0.25) is 0 Å². The molecule has 9 nitrogen and oxygen atoms in total. The second-order valence-corrected chi connectivity index (χ2v) is 7.54. The molecular weight excluding hydrogens is 374 g/mol. The fourth-order valence-corrected chi connectivity index (χ4v) is 3.50. The summed E-state index contributed by atoms with van der Waals surface area (Å²) >= 11 is 0. The third-order valence-electron chi connectivity index (χ3n) is 5.28. The maximum atomic E-state index is 12.5. The lowest BCUT2D eigenvalue weighted by Crippen LogP contribution is -2.37. The Morgan fingerprint density at radius 3 is 2.79 bits per heavy atom. The maximum Gasteiger partial charge on any atom is 0.350 e. The number of aromatic nitrogens is 3. The van der Waals surface area contributed by atoms with Crippen molar-refractivity contribution in [1.82, 2.24) is 19.1 Å². The molecule has 0 saturated carbocycles. The lowest BCUT2D eigenvalue weighted by molar-refractivity contribution is -0.146. The Morgan fingerprint density at radius 2 is 2.07 bits per heavy atom. The van der Waals surface area contributed by atoms with E-state index in [1.54, 1.807) is 43.5 Å². The molecular formula is C20H21N5O4. The Kier molecular flexibility index (Phi) is 4.57. The van der Waals surface area contributed by atoms with E-state index in [9.17, 15) is 19.5 Å². The van der Waals surface area contributed by atoms with Crippen molar-refractivity contribution in [2.45, 2.75) is 19.9 Å². The van der Waals surface area contributed by atoms with E-state index in [0.717, 1.165) is 5.56 Å². The largest absolute Gasteiger partial charge is 0.481 e. The van der Waals surface area contributed by atoms with Gasteiger partial charge in [0.15, 0.2) is 5.65 Å². The third-order valence-corrected chi connectivity index (χ3v) is 5.28. The molecule has 2 N–H and O–H groups in total. The first kappa shape index (κ1) is 18.7. The number of nitrogens with zero attached hydrogens (tertiary/aromatic N) is 4. The lowest BCUT2D eigenvalue weighted by Gasteiger charge is -2.20. The van der Waals surface area contributed by atoms with Gasteiger partial charge in [-0.1, -0.05) is 18.2 Å². The Bertz CT molecular complexity index is 1150. The van der Waals surface area contributed by atoms with Crippen molar-refractivity contribution in [3.8, 4) is 0 Å². The van der Waals surface area contributed by atoms with Crippen LogP contribution in [0.5, 0.6) is 0 Å². The average Bonchev–Trinajstić information content (AvgIpc) is 3.25. The molecule has 1 atom stereocenters. The second kappa shape index (κ2) is 7.08. The van der Waals surface area contributed by atoms with Gasteiger partial charge in [0, 0.05) is 25.0 Å². The van der Waals surface area contributed by atoms with Gasteiger partial charge in [0.1, 0.15) is 0 Å². The summed E-state index contributed by atoms with van der Waals surface area (Å²) in [7, 11) is 0. The second-order valence-electron chi connectivity index (χ2n) is 7.54. The molecule has 29 heavy (non-hydrogen) atoms. The Hall–Kier alpha value is -3.62. The van der Waals surface area contributed by atoms with Crippen LogP contribution in [0.15, 0.2) is 53.5 Å². The van der Waals surface area contributed by atoms with Crippen LogP contribution < -0.4 is 11.0 Å². The van der Waals surface area contributed by atoms with Gasteiger partial charge in [0.2, 0.25) is 0 Å². The monoisotopic (exact) mass is 395 g/mol. The summed E-state index contributed by atoms with van der Waals surface area (Å²) in [6.07, 6.45) is 2.09. The van der Waals surface area contributed by atoms with E-state index in [1.165, 1.54) is 14.0 Å². The number of urea groups is 1. The molecule has 3 heterocycles. The van der Waals surface area contributed by atoms with Crippen LogP contribution in [-0.4, -0.2) is 49.3 Å². The van der Waals surface area contributed by atoms with E-state index in [0.29, 0.717) is 24.3 Å². The quantitative estimate of drug-likeness (QED) is 0.701. The molecule has 1 aliphatic rings. The molecule has 1 unspecified atom stereocenters. The zero-order chi connectivity index (χ0) is 20.6. The van der Waals surface area contributed by atoms with Crippen molar-refractivity contribution in [3.05, 3.63) is 64.7 Å². The number of carboxylic acids is 1. The Labute approximate surface area is 166 Å². The van der Waals surface area contributed by atoms with E-state index in [2.05, 4.69) is 10.4 Å². The first-order valence-electron chi connectivity index (χ1n) is 9.28. The summed E-state index contributed by atoms with van der Waals surface area (Å²) in [5.74, 6) is -0.896. The topological polar surface area (TPSA) is 109 Å². The van der Waals surface area contributed by atoms with Gasteiger partial charge in [0.05, 0.1) is 12.0 Å². The van der Waals surface area contributed by atoms with E-state index in [4.69, 9.17) is 0 Å². The number of benzene rings is 1. The molecule has 2 aromatic heterocycles. The zero-order valence-electron chi connectivity index (χ0n) is 15.9. The summed E-state index contributed by atoms with van der Waals surface area (Å²) in [6.45, 7) is 2.48. The third kappa shape index (κ3) is 3.58. The van der Waals surface area contributed by atoms with Gasteiger partial charge in [-0.05, 0) is 43.2 Å². The maximum absolute atomic E-state index is 12.5. The number of rotatable bonds is 4. The molecule has 3 aromatic rings. The number of hydrogen-bond acceptors (Lipinski definition) is 4. The van der Waals surface area contributed by atoms with Crippen molar-refractivity contribution in [3.63, 3.8) is 0 Å². The fraction of sp³-hybridized carbons (Fsp3) is 0.300. The fourth-order valence-electron chi connectivity index (χ4n) is 3.50. The molecule has 9 heteroatoms. The minimum absolute atomic E-state index is 0.171. The summed E-state index contributed by atoms with van der Waals surface area (Å²) in [6, 6.07) is 12.2. The number of fused-ring (bicyclic) bond motifs is 1. The molecule has 1 aliphatic heterocycles. The van der Waals surface area contributed by atoms with E-state index in [-0.39, 0.29) is 24.8 Å². The van der Waals surface area contributed by atoms with E-state index in [1.807, 2.05) is 12.1 Å². The van der Waals surface area contributed by atoms with Crippen LogP contribution in [-0.2, 0) is 11.3 Å². The Balaban J connectivity index is 1.48. The smallest absolute Gasteiger partial charge is 0.350 e. The first-order valence-corrected chi connectivity index (χ1v) is 9.28. The van der Waals surface area contributed by atoms with Crippen LogP contribution in [0.4, 0.5) is 10.5 Å². The molecule has 2 amide bonds. The van der Waals surface area contributed by atoms with Crippen LogP contribution in [0.1, 0.15) is 18.9 Å². The predicted molar refractivity (Wildman–Crippen MR) is 106 cm³/mol. The summed E-state index contributed by atoms with van der Waals surface area (Å²) in [5, 5.41) is 16.4. The normalized spacial score (nSPS) is 18.9. The number of carboxylic acid groups (broad SMARTS) is 1. The van der Waals surface area contributed by atoms with Crippen LogP contribution in [0.3, 0.4) is 0 Å². The molecule has 4 rings (SSSR count). The Morgan fingerprint density at radius 1 is 1.24 bits per heavy atom. The van der Waals surface area contributed by atoms with Gasteiger partial charge in [0.25, 0.3) is 0 Å². The molecule has 0 bridgehead atoms. The van der Waals surface area contributed by atoms with Gasteiger partial charge >= 0.3 is 17.7 Å². The highest BCUT2D eigenvalue weighted by atomic mass is 16.4. The summed E-state index contributed by atoms with van der Waals surface area (Å²) < 4.78 is 2.84. The number of likely N-dealkylation sites (tertiary alicyclic amines) is 1. The number of anilines is 1. The van der Waals surface area contributed by atoms with Gasteiger partial charge in [-0.2, -0.15) is 0 Å². The van der Waals surface area contributed by atoms with Crippen LogP contribution >= 0.6 is 0 Å². The number of aliphatic carboxylic acids is 1. The van der Waals surface area contributed by atoms with E-state index >= 15 is 0 Å². The molecule has 1 saturated heterocycles. The minimum Gasteiger partial charge on any atom is -0.481 e. The minimum atomic E-state index is -0.913. The number of carbonyl (C=O) groups excluding carboxylic acids is 1. The lowest BCUT2D eigenvalue weighted by atomic mass is 9.90. The van der Waals surface area contributed by atoms with Crippen molar-refractivity contribution >= 4 is 23.3 Å².